The SMILES string of the molecule is CCCCOC(=O)c1ccc(OC2CCC(C(=O)OCC)CC2)cc1C(F)(F)F. The van der Waals surface area contributed by atoms with E-state index in [1.54, 1.807) is 6.92 Å². The first kappa shape index (κ1) is 23.0. The maximum atomic E-state index is 13.5. The normalized spacial score (nSPS) is 19.5. The fraction of sp³-hybridized carbons (Fsp3) is 0.619. The van der Waals surface area contributed by atoms with Gasteiger partial charge in [-0.25, -0.2) is 4.79 Å². The molecule has 0 radical (unpaired) electrons. The molecule has 8 heteroatoms. The summed E-state index contributed by atoms with van der Waals surface area (Å²) in [5.41, 5.74) is -1.59. The highest BCUT2D eigenvalue weighted by Gasteiger charge is 2.37. The van der Waals surface area contributed by atoms with E-state index in [4.69, 9.17) is 14.2 Å². The average molecular weight is 416 g/mol. The van der Waals surface area contributed by atoms with E-state index in [9.17, 15) is 22.8 Å². The lowest BCUT2D eigenvalue weighted by atomic mass is 9.87. The summed E-state index contributed by atoms with van der Waals surface area (Å²) in [4.78, 5) is 23.8. The Hall–Kier alpha value is -2.25. The Balaban J connectivity index is 2.05. The highest BCUT2D eigenvalue weighted by Crippen LogP contribution is 2.36. The molecule has 0 aliphatic heterocycles. The molecule has 5 nitrogen and oxygen atoms in total. The van der Waals surface area contributed by atoms with Crippen LogP contribution >= 0.6 is 0 Å². The molecule has 1 aliphatic carbocycles. The van der Waals surface area contributed by atoms with Crippen LogP contribution < -0.4 is 4.74 Å². The fourth-order valence-electron chi connectivity index (χ4n) is 3.27. The van der Waals surface area contributed by atoms with Crippen molar-refractivity contribution in [2.45, 2.75) is 64.7 Å². The van der Waals surface area contributed by atoms with Crippen molar-refractivity contribution in [2.75, 3.05) is 13.2 Å². The first-order valence-electron chi connectivity index (χ1n) is 9.97. The number of carbonyl (C=O) groups is 2. The van der Waals surface area contributed by atoms with Gasteiger partial charge in [0, 0.05) is 0 Å². The molecule has 0 amide bonds. The van der Waals surface area contributed by atoms with Gasteiger partial charge >= 0.3 is 18.1 Å². The molecule has 1 fully saturated rings. The predicted molar refractivity (Wildman–Crippen MR) is 99.6 cm³/mol. The fourth-order valence-corrected chi connectivity index (χ4v) is 3.27. The first-order chi connectivity index (χ1) is 13.8. The quantitative estimate of drug-likeness (QED) is 0.433. The van der Waals surface area contributed by atoms with Crippen molar-refractivity contribution in [2.24, 2.45) is 5.92 Å². The van der Waals surface area contributed by atoms with Crippen LogP contribution in [0.25, 0.3) is 0 Å². The zero-order valence-electron chi connectivity index (χ0n) is 16.7. The van der Waals surface area contributed by atoms with Crippen LogP contribution in [-0.2, 0) is 20.4 Å². The Labute approximate surface area is 168 Å². The van der Waals surface area contributed by atoms with E-state index in [1.807, 2.05) is 6.92 Å². The lowest BCUT2D eigenvalue weighted by molar-refractivity contribution is -0.149. The summed E-state index contributed by atoms with van der Waals surface area (Å²) in [6, 6.07) is 3.29. The topological polar surface area (TPSA) is 61.8 Å². The number of alkyl halides is 3. The van der Waals surface area contributed by atoms with Crippen molar-refractivity contribution < 1.29 is 37.0 Å². The zero-order chi connectivity index (χ0) is 21.4. The Kier molecular flexibility index (Phi) is 8.34. The van der Waals surface area contributed by atoms with Gasteiger partial charge in [0.25, 0.3) is 0 Å². The van der Waals surface area contributed by atoms with Gasteiger partial charge in [-0.1, -0.05) is 13.3 Å². The number of halogens is 3. The molecule has 162 valence electrons. The van der Waals surface area contributed by atoms with Crippen LogP contribution in [0.3, 0.4) is 0 Å². The van der Waals surface area contributed by atoms with Crippen molar-refractivity contribution in [1.29, 1.82) is 0 Å². The van der Waals surface area contributed by atoms with Crippen molar-refractivity contribution in [3.8, 4) is 5.75 Å². The summed E-state index contributed by atoms with van der Waals surface area (Å²) in [6.45, 7) is 4.03. The molecule has 1 aliphatic rings. The number of carbonyl (C=O) groups excluding carboxylic acids is 2. The molecular weight excluding hydrogens is 389 g/mol. The van der Waals surface area contributed by atoms with E-state index in [0.717, 1.165) is 18.6 Å². The van der Waals surface area contributed by atoms with E-state index < -0.39 is 23.3 Å². The lowest BCUT2D eigenvalue weighted by Crippen LogP contribution is -2.29. The third-order valence-electron chi connectivity index (χ3n) is 4.84. The standard InChI is InChI=1S/C21H27F3O5/c1-3-5-12-28-20(26)17-11-10-16(13-18(17)21(22,23)24)29-15-8-6-14(7-9-15)19(25)27-4-2/h10-11,13-15H,3-9,12H2,1-2H3. The minimum atomic E-state index is -4.71. The van der Waals surface area contributed by atoms with E-state index in [-0.39, 0.29) is 30.3 Å². The predicted octanol–water partition coefficient (Wildman–Crippen LogP) is 5.16. The molecule has 0 saturated heterocycles. The highest BCUT2D eigenvalue weighted by atomic mass is 19.4. The van der Waals surface area contributed by atoms with Crippen LogP contribution in [0.1, 0.15) is 68.3 Å². The van der Waals surface area contributed by atoms with Gasteiger partial charge < -0.3 is 14.2 Å². The van der Waals surface area contributed by atoms with E-state index in [1.165, 1.54) is 6.07 Å². The Morgan fingerprint density at radius 3 is 2.34 bits per heavy atom. The number of ether oxygens (including phenoxy) is 3. The maximum Gasteiger partial charge on any atom is 0.417 e. The summed E-state index contributed by atoms with van der Waals surface area (Å²) >= 11 is 0. The molecule has 1 aromatic rings. The third kappa shape index (κ3) is 6.65. The number of hydrogen-bond acceptors (Lipinski definition) is 5. The molecule has 2 rings (SSSR count). The maximum absolute atomic E-state index is 13.5. The molecule has 0 aromatic heterocycles. The van der Waals surface area contributed by atoms with Crippen LogP contribution in [0.5, 0.6) is 5.75 Å². The van der Waals surface area contributed by atoms with Crippen LogP contribution in [0, 0.1) is 5.92 Å². The monoisotopic (exact) mass is 416 g/mol. The van der Waals surface area contributed by atoms with Crippen molar-refractivity contribution >= 4 is 11.9 Å². The van der Waals surface area contributed by atoms with Gasteiger partial charge in [-0.05, 0) is 57.2 Å². The van der Waals surface area contributed by atoms with Crippen molar-refractivity contribution in [3.63, 3.8) is 0 Å². The minimum absolute atomic E-state index is 0.0435. The number of unbranched alkanes of at least 4 members (excludes halogenated alkanes) is 1. The van der Waals surface area contributed by atoms with Gasteiger partial charge in [-0.15, -0.1) is 0 Å². The molecule has 29 heavy (non-hydrogen) atoms. The van der Waals surface area contributed by atoms with Gasteiger partial charge in [0.05, 0.1) is 36.4 Å². The molecule has 0 heterocycles. The van der Waals surface area contributed by atoms with Gasteiger partial charge in [0.2, 0.25) is 0 Å². The van der Waals surface area contributed by atoms with Crippen LogP contribution in [0.15, 0.2) is 18.2 Å². The van der Waals surface area contributed by atoms with Gasteiger partial charge in [0.15, 0.2) is 0 Å². The summed E-state index contributed by atoms with van der Waals surface area (Å²) in [5.74, 6) is -1.38. The third-order valence-corrected chi connectivity index (χ3v) is 4.84. The summed E-state index contributed by atoms with van der Waals surface area (Å²) in [6.07, 6.45) is -1.41. The number of hydrogen-bond donors (Lipinski definition) is 0. The van der Waals surface area contributed by atoms with E-state index >= 15 is 0 Å². The Bertz CT molecular complexity index is 694. The molecule has 0 spiro atoms. The van der Waals surface area contributed by atoms with E-state index in [0.29, 0.717) is 38.7 Å². The van der Waals surface area contributed by atoms with Crippen molar-refractivity contribution in [1.82, 2.24) is 0 Å². The first-order valence-corrected chi connectivity index (χ1v) is 9.97. The smallest absolute Gasteiger partial charge is 0.417 e. The van der Waals surface area contributed by atoms with Crippen LogP contribution in [-0.4, -0.2) is 31.3 Å². The number of esters is 2. The Morgan fingerprint density at radius 1 is 1.07 bits per heavy atom. The van der Waals surface area contributed by atoms with Crippen LogP contribution in [0.2, 0.25) is 0 Å². The average Bonchev–Trinajstić information content (AvgIpc) is 2.68. The number of benzene rings is 1. The molecular formula is C21H27F3O5. The summed E-state index contributed by atoms with van der Waals surface area (Å²) < 4.78 is 56.0. The zero-order valence-corrected chi connectivity index (χ0v) is 16.7. The molecule has 0 N–H and O–H groups in total. The molecule has 0 bridgehead atoms. The van der Waals surface area contributed by atoms with E-state index in [2.05, 4.69) is 0 Å². The van der Waals surface area contributed by atoms with Gasteiger partial charge in [-0.2, -0.15) is 13.2 Å². The second-order valence-corrected chi connectivity index (χ2v) is 7.04. The second-order valence-electron chi connectivity index (χ2n) is 7.04. The summed E-state index contributed by atoms with van der Waals surface area (Å²) in [7, 11) is 0. The molecule has 1 saturated carbocycles. The van der Waals surface area contributed by atoms with Gasteiger partial charge in [0.1, 0.15) is 5.75 Å². The van der Waals surface area contributed by atoms with Crippen LogP contribution in [0.4, 0.5) is 13.2 Å². The number of rotatable bonds is 8. The second kappa shape index (κ2) is 10.5. The van der Waals surface area contributed by atoms with Crippen molar-refractivity contribution in [3.05, 3.63) is 29.3 Å². The summed E-state index contributed by atoms with van der Waals surface area (Å²) in [5, 5.41) is 0. The largest absolute Gasteiger partial charge is 0.490 e. The minimum Gasteiger partial charge on any atom is -0.490 e. The molecule has 1 aromatic carbocycles. The lowest BCUT2D eigenvalue weighted by Gasteiger charge is -2.28. The van der Waals surface area contributed by atoms with Gasteiger partial charge in [-0.3, -0.25) is 4.79 Å². The molecule has 0 unspecified atom stereocenters. The Morgan fingerprint density at radius 2 is 1.76 bits per heavy atom. The molecule has 0 atom stereocenters. The highest BCUT2D eigenvalue weighted by molar-refractivity contribution is 5.91.